The van der Waals surface area contributed by atoms with Crippen molar-refractivity contribution in [3.8, 4) is 0 Å². The summed E-state index contributed by atoms with van der Waals surface area (Å²) in [7, 11) is 0. The lowest BCUT2D eigenvalue weighted by molar-refractivity contribution is 0.0945. The molecule has 7 heteroatoms. The summed E-state index contributed by atoms with van der Waals surface area (Å²) in [6.45, 7) is 6.61. The van der Waals surface area contributed by atoms with Crippen LogP contribution in [0.5, 0.6) is 0 Å². The molecule has 2 N–H and O–H groups in total. The highest BCUT2D eigenvalue weighted by Crippen LogP contribution is 2.24. The number of nitrogens with zero attached hydrogens (tertiary/aromatic N) is 1. The summed E-state index contributed by atoms with van der Waals surface area (Å²) in [6, 6.07) is 9.64. The topological polar surface area (TPSA) is 76.3 Å². The van der Waals surface area contributed by atoms with Crippen LogP contribution < -0.4 is 16.2 Å². The highest BCUT2D eigenvalue weighted by Gasteiger charge is 2.20. The fourth-order valence-corrected chi connectivity index (χ4v) is 4.09. The molecule has 1 amide bonds. The van der Waals surface area contributed by atoms with Gasteiger partial charge in [-0.2, -0.15) is 0 Å². The zero-order chi connectivity index (χ0) is 20.4. The van der Waals surface area contributed by atoms with Gasteiger partial charge < -0.3 is 19.6 Å². The molecule has 1 aliphatic rings. The second-order valence-corrected chi connectivity index (χ2v) is 7.87. The average molecular weight is 430 g/mol. The Balaban J connectivity index is 0.00000256. The Morgan fingerprint density at radius 2 is 2.07 bits per heavy atom. The van der Waals surface area contributed by atoms with E-state index in [4.69, 9.17) is 4.42 Å². The van der Waals surface area contributed by atoms with Crippen LogP contribution in [-0.2, 0) is 13.1 Å². The molecule has 0 bridgehead atoms. The lowest BCUT2D eigenvalue weighted by atomic mass is 9.99. The van der Waals surface area contributed by atoms with E-state index in [-0.39, 0.29) is 36.0 Å². The molecular formula is C23H28ClN3O3. The van der Waals surface area contributed by atoms with Gasteiger partial charge in [-0.05, 0) is 63.4 Å². The number of benzene rings is 1. The van der Waals surface area contributed by atoms with Crippen LogP contribution >= 0.6 is 12.4 Å². The number of amides is 1. The van der Waals surface area contributed by atoms with Gasteiger partial charge in [0.25, 0.3) is 11.5 Å². The van der Waals surface area contributed by atoms with Gasteiger partial charge in [0.2, 0.25) is 0 Å². The molecule has 3 aromatic rings. The van der Waals surface area contributed by atoms with Crippen LogP contribution in [0.25, 0.3) is 11.0 Å². The number of fused-ring (bicyclic) bond motifs is 1. The van der Waals surface area contributed by atoms with Crippen LogP contribution in [0.2, 0.25) is 0 Å². The van der Waals surface area contributed by atoms with E-state index in [1.807, 2.05) is 37.3 Å². The van der Waals surface area contributed by atoms with Gasteiger partial charge in [-0.3, -0.25) is 9.59 Å². The molecule has 1 aliphatic heterocycles. The van der Waals surface area contributed by atoms with Crippen molar-refractivity contribution in [2.24, 2.45) is 5.92 Å². The first kappa shape index (κ1) is 22.1. The normalized spacial score (nSPS) is 16.3. The largest absolute Gasteiger partial charge is 0.459 e. The Labute approximate surface area is 182 Å². The molecule has 3 heterocycles. The van der Waals surface area contributed by atoms with Crippen molar-refractivity contribution in [1.82, 2.24) is 15.2 Å². The second-order valence-electron chi connectivity index (χ2n) is 7.87. The van der Waals surface area contributed by atoms with Gasteiger partial charge >= 0.3 is 0 Å². The third-order valence-electron chi connectivity index (χ3n) is 5.81. The number of hydrogen-bond acceptors (Lipinski definition) is 4. The smallest absolute Gasteiger partial charge is 0.263 e. The zero-order valence-corrected chi connectivity index (χ0v) is 18.2. The van der Waals surface area contributed by atoms with Crippen molar-refractivity contribution in [2.45, 2.75) is 39.8 Å². The lowest BCUT2D eigenvalue weighted by Gasteiger charge is -2.23. The second kappa shape index (κ2) is 9.49. The summed E-state index contributed by atoms with van der Waals surface area (Å²) in [5.74, 6) is 0.767. The molecule has 160 valence electrons. The van der Waals surface area contributed by atoms with Crippen molar-refractivity contribution in [1.29, 1.82) is 0 Å². The minimum Gasteiger partial charge on any atom is -0.459 e. The number of piperidine rings is 1. The molecule has 0 spiro atoms. The molecule has 0 aliphatic carbocycles. The minimum absolute atomic E-state index is 0. The van der Waals surface area contributed by atoms with Crippen molar-refractivity contribution in [3.63, 3.8) is 0 Å². The highest BCUT2D eigenvalue weighted by atomic mass is 35.5. The van der Waals surface area contributed by atoms with E-state index in [1.165, 1.54) is 0 Å². The molecular weight excluding hydrogens is 402 g/mol. The van der Waals surface area contributed by atoms with Crippen LogP contribution in [0.1, 0.15) is 40.1 Å². The SMILES string of the molecule is Cc1ccn(CC2CCCNC2)c(=O)c1C(=O)NCc1oc2ccccc2c1C.Cl. The third kappa shape index (κ3) is 4.45. The molecule has 1 saturated heterocycles. The van der Waals surface area contributed by atoms with E-state index in [9.17, 15) is 9.59 Å². The molecule has 0 radical (unpaired) electrons. The van der Waals surface area contributed by atoms with E-state index < -0.39 is 0 Å². The van der Waals surface area contributed by atoms with E-state index >= 15 is 0 Å². The van der Waals surface area contributed by atoms with E-state index in [0.717, 1.165) is 42.5 Å². The number of carbonyl (C=O) groups excluding carboxylic acids is 1. The highest BCUT2D eigenvalue weighted by molar-refractivity contribution is 5.95. The van der Waals surface area contributed by atoms with Crippen LogP contribution in [-0.4, -0.2) is 23.6 Å². The van der Waals surface area contributed by atoms with E-state index in [1.54, 1.807) is 17.7 Å². The molecule has 2 aromatic heterocycles. The lowest BCUT2D eigenvalue weighted by Crippen LogP contribution is -2.37. The fraction of sp³-hybridized carbons (Fsp3) is 0.391. The van der Waals surface area contributed by atoms with Gasteiger partial charge in [0.1, 0.15) is 16.9 Å². The van der Waals surface area contributed by atoms with Gasteiger partial charge in [-0.25, -0.2) is 0 Å². The third-order valence-corrected chi connectivity index (χ3v) is 5.81. The van der Waals surface area contributed by atoms with E-state index in [2.05, 4.69) is 10.6 Å². The van der Waals surface area contributed by atoms with Crippen molar-refractivity contribution < 1.29 is 9.21 Å². The predicted octanol–water partition coefficient (Wildman–Crippen LogP) is 3.56. The Morgan fingerprint density at radius 1 is 1.27 bits per heavy atom. The molecule has 1 unspecified atom stereocenters. The molecule has 1 atom stereocenters. The standard InChI is InChI=1S/C23H27N3O3.ClH/c1-15-9-11-26(14-17-6-5-10-24-12-17)23(28)21(15)22(27)25-13-20-16(2)18-7-3-4-8-19(18)29-20;/h3-4,7-9,11,17,24H,5-6,10,12-14H2,1-2H3,(H,25,27);1H. The minimum atomic E-state index is -0.358. The van der Waals surface area contributed by atoms with Gasteiger partial charge in [0.15, 0.2) is 0 Å². The number of aromatic nitrogens is 1. The van der Waals surface area contributed by atoms with Gasteiger partial charge in [0, 0.05) is 23.7 Å². The van der Waals surface area contributed by atoms with Crippen LogP contribution in [0, 0.1) is 19.8 Å². The number of hydrogen-bond donors (Lipinski definition) is 2. The maximum Gasteiger partial charge on any atom is 0.263 e. The summed E-state index contributed by atoms with van der Waals surface area (Å²) in [5.41, 5.74) is 2.48. The number of aryl methyl sites for hydroxylation is 2. The molecule has 1 fully saturated rings. The molecule has 6 nitrogen and oxygen atoms in total. The zero-order valence-electron chi connectivity index (χ0n) is 17.4. The number of furan rings is 1. The van der Waals surface area contributed by atoms with Crippen LogP contribution in [0.4, 0.5) is 0 Å². The van der Waals surface area contributed by atoms with Crippen LogP contribution in [0.15, 0.2) is 45.7 Å². The predicted molar refractivity (Wildman–Crippen MR) is 120 cm³/mol. The number of nitrogens with one attached hydrogen (secondary N) is 2. The molecule has 30 heavy (non-hydrogen) atoms. The first-order valence-corrected chi connectivity index (χ1v) is 10.2. The molecule has 1 aromatic carbocycles. The average Bonchev–Trinajstić information content (AvgIpc) is 3.05. The molecule has 0 saturated carbocycles. The van der Waals surface area contributed by atoms with Gasteiger partial charge in [-0.1, -0.05) is 18.2 Å². The van der Waals surface area contributed by atoms with E-state index in [0.29, 0.717) is 23.8 Å². The molecule has 4 rings (SSSR count). The van der Waals surface area contributed by atoms with Gasteiger partial charge in [-0.15, -0.1) is 12.4 Å². The number of para-hydroxylation sites is 1. The Bertz CT molecular complexity index is 1100. The Hall–Kier alpha value is -2.57. The quantitative estimate of drug-likeness (QED) is 0.650. The maximum atomic E-state index is 13.0. The maximum absolute atomic E-state index is 13.0. The number of halogens is 1. The fourth-order valence-electron chi connectivity index (χ4n) is 4.09. The summed E-state index contributed by atoms with van der Waals surface area (Å²) in [5, 5.41) is 7.28. The summed E-state index contributed by atoms with van der Waals surface area (Å²) in [4.78, 5) is 25.8. The first-order valence-electron chi connectivity index (χ1n) is 10.2. The number of rotatable bonds is 5. The van der Waals surface area contributed by atoms with Crippen molar-refractivity contribution >= 4 is 29.3 Å². The monoisotopic (exact) mass is 429 g/mol. The number of carbonyl (C=O) groups is 1. The first-order chi connectivity index (χ1) is 14.0. The Kier molecular flexibility index (Phi) is 7.00. The van der Waals surface area contributed by atoms with Crippen molar-refractivity contribution in [2.75, 3.05) is 13.1 Å². The summed E-state index contributed by atoms with van der Waals surface area (Å²) >= 11 is 0. The summed E-state index contributed by atoms with van der Waals surface area (Å²) in [6.07, 6.45) is 4.02. The number of pyridine rings is 1. The summed E-state index contributed by atoms with van der Waals surface area (Å²) < 4.78 is 7.54. The Morgan fingerprint density at radius 3 is 2.80 bits per heavy atom. The van der Waals surface area contributed by atoms with Crippen LogP contribution in [0.3, 0.4) is 0 Å². The van der Waals surface area contributed by atoms with Crippen molar-refractivity contribution in [3.05, 3.63) is 69.3 Å². The van der Waals surface area contributed by atoms with Gasteiger partial charge in [0.05, 0.1) is 6.54 Å².